The van der Waals surface area contributed by atoms with Crippen LogP contribution in [0.5, 0.6) is 0 Å². The Bertz CT molecular complexity index is 1030. The summed E-state index contributed by atoms with van der Waals surface area (Å²) < 4.78 is 5.98. The van der Waals surface area contributed by atoms with E-state index in [1.54, 1.807) is 36.4 Å². The van der Waals surface area contributed by atoms with E-state index in [1.165, 1.54) is 12.1 Å². The van der Waals surface area contributed by atoms with E-state index in [4.69, 9.17) is 4.74 Å². The van der Waals surface area contributed by atoms with Crippen molar-refractivity contribution in [1.29, 1.82) is 0 Å². The molecule has 2 aromatic rings. The van der Waals surface area contributed by atoms with Gasteiger partial charge in [-0.15, -0.1) is 0 Å². The molecular formula is C23H18BrNO5. The van der Waals surface area contributed by atoms with Gasteiger partial charge in [0.05, 0.1) is 23.1 Å². The molecule has 1 aliphatic carbocycles. The van der Waals surface area contributed by atoms with Crippen molar-refractivity contribution in [3.8, 4) is 0 Å². The highest BCUT2D eigenvalue weighted by atomic mass is 79.9. The first-order valence-electron chi connectivity index (χ1n) is 9.54. The van der Waals surface area contributed by atoms with Crippen molar-refractivity contribution in [1.82, 2.24) is 0 Å². The van der Waals surface area contributed by atoms with Gasteiger partial charge in [-0.3, -0.25) is 19.3 Å². The molecule has 4 rings (SSSR count). The summed E-state index contributed by atoms with van der Waals surface area (Å²) in [7, 11) is 0. The fourth-order valence-electron chi connectivity index (χ4n) is 3.76. The summed E-state index contributed by atoms with van der Waals surface area (Å²) in [6, 6.07) is 12.9. The van der Waals surface area contributed by atoms with E-state index < -0.39 is 12.6 Å². The number of Topliss-reactive ketones (excluding diaryl/α,β-unsaturated/α-hetero) is 1. The topological polar surface area (TPSA) is 80.8 Å². The zero-order valence-electron chi connectivity index (χ0n) is 15.9. The first-order chi connectivity index (χ1) is 14.5. The maximum absolute atomic E-state index is 12.7. The third-order valence-corrected chi connectivity index (χ3v) is 5.88. The number of nitrogens with zero attached hydrogens (tertiary/aromatic N) is 1. The van der Waals surface area contributed by atoms with Crippen LogP contribution in [0, 0.1) is 11.8 Å². The van der Waals surface area contributed by atoms with Gasteiger partial charge < -0.3 is 4.74 Å². The lowest BCUT2D eigenvalue weighted by molar-refractivity contribution is -0.122. The van der Waals surface area contributed by atoms with Crippen molar-refractivity contribution < 1.29 is 23.9 Å². The van der Waals surface area contributed by atoms with Gasteiger partial charge in [-0.25, -0.2) is 4.79 Å². The molecule has 0 aromatic heterocycles. The largest absolute Gasteiger partial charge is 0.454 e. The molecule has 152 valence electrons. The summed E-state index contributed by atoms with van der Waals surface area (Å²) in [5.41, 5.74) is 0.946. The van der Waals surface area contributed by atoms with Gasteiger partial charge in [-0.05, 0) is 43.2 Å². The third-order valence-electron chi connectivity index (χ3n) is 5.35. The molecule has 1 aliphatic heterocycles. The fourth-order valence-corrected chi connectivity index (χ4v) is 4.02. The number of anilines is 1. The predicted octanol–water partition coefficient (Wildman–Crippen LogP) is 3.94. The molecule has 7 heteroatoms. The van der Waals surface area contributed by atoms with Crippen LogP contribution >= 0.6 is 15.9 Å². The molecule has 2 atom stereocenters. The van der Waals surface area contributed by atoms with Gasteiger partial charge >= 0.3 is 5.97 Å². The molecule has 0 radical (unpaired) electrons. The fraction of sp³-hybridized carbons (Fsp3) is 0.217. The van der Waals surface area contributed by atoms with Crippen molar-refractivity contribution in [2.75, 3.05) is 11.5 Å². The smallest absolute Gasteiger partial charge is 0.338 e. The Kier molecular flexibility index (Phi) is 5.63. The zero-order chi connectivity index (χ0) is 21.3. The number of rotatable bonds is 5. The number of hydrogen-bond donors (Lipinski definition) is 0. The van der Waals surface area contributed by atoms with E-state index in [9.17, 15) is 19.2 Å². The van der Waals surface area contributed by atoms with Crippen LogP contribution in [0.25, 0.3) is 0 Å². The van der Waals surface area contributed by atoms with Gasteiger partial charge in [0.2, 0.25) is 11.8 Å². The number of amides is 2. The SMILES string of the molecule is O=C(COC(=O)c1cccc(N2C(=O)C3CC=CCC3C2=O)c1)c1ccc(Br)cc1. The predicted molar refractivity (Wildman–Crippen MR) is 113 cm³/mol. The van der Waals surface area contributed by atoms with Crippen molar-refractivity contribution in [3.05, 3.63) is 76.3 Å². The average Bonchev–Trinajstić information content (AvgIpc) is 3.03. The molecule has 1 saturated heterocycles. The molecule has 2 aliphatic rings. The maximum Gasteiger partial charge on any atom is 0.338 e. The summed E-state index contributed by atoms with van der Waals surface area (Å²) >= 11 is 3.30. The number of carbonyl (C=O) groups is 4. The first-order valence-corrected chi connectivity index (χ1v) is 10.3. The van der Waals surface area contributed by atoms with E-state index in [0.29, 0.717) is 24.1 Å². The number of esters is 1. The van der Waals surface area contributed by atoms with Crippen LogP contribution in [0.15, 0.2) is 65.2 Å². The molecule has 0 spiro atoms. The molecule has 0 saturated carbocycles. The van der Waals surface area contributed by atoms with Crippen LogP contribution < -0.4 is 4.90 Å². The molecule has 6 nitrogen and oxygen atoms in total. The Balaban J connectivity index is 1.46. The second-order valence-electron chi connectivity index (χ2n) is 7.22. The lowest BCUT2D eigenvalue weighted by Crippen LogP contribution is -2.31. The summed E-state index contributed by atoms with van der Waals surface area (Å²) in [5.74, 6) is -2.20. The van der Waals surface area contributed by atoms with Crippen molar-refractivity contribution >= 4 is 45.2 Å². The number of ether oxygens (including phenoxy) is 1. The number of imide groups is 1. The number of fused-ring (bicyclic) bond motifs is 1. The Morgan fingerprint density at radius 2 is 1.57 bits per heavy atom. The lowest BCUT2D eigenvalue weighted by Gasteiger charge is -2.15. The van der Waals surface area contributed by atoms with Gasteiger partial charge in [0.1, 0.15) is 0 Å². The second-order valence-corrected chi connectivity index (χ2v) is 8.14. The molecule has 0 N–H and O–H groups in total. The molecular weight excluding hydrogens is 450 g/mol. The van der Waals surface area contributed by atoms with Crippen LogP contribution in [0.4, 0.5) is 5.69 Å². The van der Waals surface area contributed by atoms with Gasteiger partial charge in [0.15, 0.2) is 12.4 Å². The van der Waals surface area contributed by atoms with Crippen molar-refractivity contribution in [2.24, 2.45) is 11.8 Å². The van der Waals surface area contributed by atoms with Crippen LogP contribution in [-0.2, 0) is 14.3 Å². The number of hydrogen-bond acceptors (Lipinski definition) is 5. The highest BCUT2D eigenvalue weighted by molar-refractivity contribution is 9.10. The summed E-state index contributed by atoms with van der Waals surface area (Å²) in [5, 5.41) is 0. The standard InChI is InChI=1S/C23H18BrNO5/c24-16-10-8-14(9-11-16)20(26)13-30-23(29)15-4-3-5-17(12-15)25-21(27)18-6-1-2-7-19(18)22(25)28/h1-5,8-12,18-19H,6-7,13H2. The molecule has 2 unspecified atom stereocenters. The summed E-state index contributed by atoms with van der Waals surface area (Å²) in [6.07, 6.45) is 4.94. The Morgan fingerprint density at radius 3 is 2.20 bits per heavy atom. The maximum atomic E-state index is 12.7. The Labute approximate surface area is 181 Å². The quantitative estimate of drug-likeness (QED) is 0.288. The van der Waals surface area contributed by atoms with E-state index in [0.717, 1.165) is 9.37 Å². The van der Waals surface area contributed by atoms with Gasteiger partial charge in [0, 0.05) is 10.0 Å². The van der Waals surface area contributed by atoms with Crippen LogP contribution in [-0.4, -0.2) is 30.2 Å². The van der Waals surface area contributed by atoms with Gasteiger partial charge in [-0.1, -0.05) is 46.3 Å². The first kappa shape index (κ1) is 20.2. The summed E-state index contributed by atoms with van der Waals surface area (Å²) in [6.45, 7) is -0.401. The van der Waals surface area contributed by atoms with Crippen LogP contribution in [0.2, 0.25) is 0 Å². The summed E-state index contributed by atoms with van der Waals surface area (Å²) in [4.78, 5) is 51.3. The normalized spacial score (nSPS) is 20.2. The van der Waals surface area contributed by atoms with E-state index in [1.807, 2.05) is 12.2 Å². The van der Waals surface area contributed by atoms with E-state index in [2.05, 4.69) is 15.9 Å². The highest BCUT2D eigenvalue weighted by Gasteiger charge is 2.47. The molecule has 0 bridgehead atoms. The van der Waals surface area contributed by atoms with Crippen molar-refractivity contribution in [2.45, 2.75) is 12.8 Å². The number of ketones is 1. The molecule has 2 amide bonds. The van der Waals surface area contributed by atoms with Gasteiger partial charge in [-0.2, -0.15) is 0 Å². The van der Waals surface area contributed by atoms with E-state index in [-0.39, 0.29) is 35.0 Å². The van der Waals surface area contributed by atoms with Crippen LogP contribution in [0.1, 0.15) is 33.6 Å². The zero-order valence-corrected chi connectivity index (χ0v) is 17.5. The lowest BCUT2D eigenvalue weighted by atomic mass is 9.85. The minimum Gasteiger partial charge on any atom is -0.454 e. The Hall–Kier alpha value is -3.06. The molecule has 1 heterocycles. The second kappa shape index (κ2) is 8.36. The minimum absolute atomic E-state index is 0.171. The average molecular weight is 468 g/mol. The van der Waals surface area contributed by atoms with Crippen molar-refractivity contribution in [3.63, 3.8) is 0 Å². The number of allylic oxidation sites excluding steroid dienone is 2. The number of benzene rings is 2. The molecule has 1 fully saturated rings. The van der Waals surface area contributed by atoms with Gasteiger partial charge in [0.25, 0.3) is 0 Å². The molecule has 30 heavy (non-hydrogen) atoms. The third kappa shape index (κ3) is 3.85. The minimum atomic E-state index is -0.694. The molecule has 2 aromatic carbocycles. The highest BCUT2D eigenvalue weighted by Crippen LogP contribution is 2.37. The number of halogens is 1. The monoisotopic (exact) mass is 467 g/mol. The van der Waals surface area contributed by atoms with Crippen LogP contribution in [0.3, 0.4) is 0 Å². The number of carbonyl (C=O) groups excluding carboxylic acids is 4. The Morgan fingerprint density at radius 1 is 0.933 bits per heavy atom. The van der Waals surface area contributed by atoms with E-state index >= 15 is 0 Å².